The number of nitro groups is 1. The number of nitro benzene ring substituents is 1. The summed E-state index contributed by atoms with van der Waals surface area (Å²) < 4.78 is 10.7. The standard InChI is InChI=1S/C35H39N3O6/c1-24-31(34(39)43-4)33(28-17-11-18-29(23-28)38(41)42)32(25(2)36-24)35(40)44-22-12-20-37(3)21-19-30(26-13-7-5-8-14-26)27-15-9-6-10-16-27/h5-11,13-18,23,30,33,36H,12,19-22H2,1-4H3. The minimum atomic E-state index is -0.883. The SMILES string of the molecule is COC(=O)C1=C(C)NC(C)=C(C(=O)OCCCN(C)CCC(c2ccccc2)c2ccccc2)C1c1cccc([N+](=O)[O-])c1. The molecule has 44 heavy (non-hydrogen) atoms. The van der Waals surface area contributed by atoms with Crippen LogP contribution in [0, 0.1) is 10.1 Å². The van der Waals surface area contributed by atoms with Gasteiger partial charge in [-0.05, 0) is 57.0 Å². The summed E-state index contributed by atoms with van der Waals surface area (Å²) in [7, 11) is 3.32. The van der Waals surface area contributed by atoms with E-state index in [0.29, 0.717) is 23.4 Å². The van der Waals surface area contributed by atoms with Gasteiger partial charge in [0.1, 0.15) is 0 Å². The number of benzene rings is 3. The van der Waals surface area contributed by atoms with Crippen LogP contribution in [0.5, 0.6) is 0 Å². The fraction of sp³-hybridized carbons (Fsp3) is 0.314. The normalized spacial score (nSPS) is 14.9. The Hall–Kier alpha value is -4.76. The Labute approximate surface area is 258 Å². The van der Waals surface area contributed by atoms with E-state index >= 15 is 0 Å². The zero-order valence-electron chi connectivity index (χ0n) is 25.6. The monoisotopic (exact) mass is 597 g/mol. The van der Waals surface area contributed by atoms with E-state index in [1.807, 2.05) is 12.1 Å². The summed E-state index contributed by atoms with van der Waals surface area (Å²) in [6.45, 7) is 5.19. The van der Waals surface area contributed by atoms with Crippen LogP contribution in [-0.4, -0.2) is 55.6 Å². The molecule has 1 N–H and O–H groups in total. The molecular formula is C35H39N3O6. The van der Waals surface area contributed by atoms with Gasteiger partial charge in [0.2, 0.25) is 0 Å². The molecule has 3 aromatic carbocycles. The van der Waals surface area contributed by atoms with Crippen LogP contribution in [0.1, 0.15) is 55.2 Å². The van der Waals surface area contributed by atoms with Gasteiger partial charge in [0.25, 0.3) is 5.69 Å². The van der Waals surface area contributed by atoms with Gasteiger partial charge in [0, 0.05) is 36.0 Å². The Morgan fingerprint density at radius 1 is 0.886 bits per heavy atom. The van der Waals surface area contributed by atoms with E-state index in [9.17, 15) is 19.7 Å². The number of carbonyl (C=O) groups excluding carboxylic acids is 2. The molecule has 4 rings (SSSR count). The number of nitrogens with one attached hydrogen (secondary N) is 1. The summed E-state index contributed by atoms with van der Waals surface area (Å²) in [6, 6.07) is 26.9. The summed E-state index contributed by atoms with van der Waals surface area (Å²) in [5, 5.41) is 14.6. The molecule has 230 valence electrons. The van der Waals surface area contributed by atoms with Crippen LogP contribution in [0.4, 0.5) is 5.69 Å². The molecule has 0 fully saturated rings. The maximum atomic E-state index is 13.5. The second-order valence-corrected chi connectivity index (χ2v) is 10.9. The Morgan fingerprint density at radius 3 is 2.05 bits per heavy atom. The number of hydrogen-bond acceptors (Lipinski definition) is 8. The van der Waals surface area contributed by atoms with Gasteiger partial charge < -0.3 is 19.7 Å². The molecule has 1 atom stereocenters. The first-order valence-electron chi connectivity index (χ1n) is 14.7. The van der Waals surface area contributed by atoms with Crippen LogP contribution < -0.4 is 5.32 Å². The number of dihydropyridines is 1. The number of carbonyl (C=O) groups is 2. The molecule has 9 nitrogen and oxygen atoms in total. The van der Waals surface area contributed by atoms with Crippen molar-refractivity contribution in [2.75, 3.05) is 33.9 Å². The predicted molar refractivity (Wildman–Crippen MR) is 169 cm³/mol. The number of non-ortho nitro benzene ring substituents is 1. The van der Waals surface area contributed by atoms with Crippen molar-refractivity contribution in [3.05, 3.63) is 134 Å². The van der Waals surface area contributed by atoms with Crippen LogP contribution in [-0.2, 0) is 19.1 Å². The predicted octanol–water partition coefficient (Wildman–Crippen LogP) is 6.09. The topological polar surface area (TPSA) is 111 Å². The Bertz CT molecular complexity index is 1490. The summed E-state index contributed by atoms with van der Waals surface area (Å²) >= 11 is 0. The number of ether oxygens (including phenoxy) is 2. The minimum absolute atomic E-state index is 0.141. The molecule has 0 saturated carbocycles. The first-order valence-corrected chi connectivity index (χ1v) is 14.7. The zero-order chi connectivity index (χ0) is 31.6. The van der Waals surface area contributed by atoms with E-state index in [4.69, 9.17) is 9.47 Å². The van der Waals surface area contributed by atoms with Gasteiger partial charge in [-0.25, -0.2) is 9.59 Å². The average molecular weight is 598 g/mol. The van der Waals surface area contributed by atoms with E-state index in [-0.39, 0.29) is 29.4 Å². The van der Waals surface area contributed by atoms with Crippen molar-refractivity contribution < 1.29 is 24.0 Å². The van der Waals surface area contributed by atoms with Crippen molar-refractivity contribution in [3.8, 4) is 0 Å². The average Bonchev–Trinajstić information content (AvgIpc) is 3.03. The lowest BCUT2D eigenvalue weighted by atomic mass is 9.80. The Balaban J connectivity index is 1.40. The molecule has 0 radical (unpaired) electrons. The number of hydrogen-bond donors (Lipinski definition) is 1. The molecule has 9 heteroatoms. The van der Waals surface area contributed by atoms with E-state index in [1.165, 1.54) is 36.4 Å². The maximum Gasteiger partial charge on any atom is 0.336 e. The van der Waals surface area contributed by atoms with Crippen molar-refractivity contribution in [2.45, 2.75) is 38.5 Å². The van der Waals surface area contributed by atoms with E-state index < -0.39 is 22.8 Å². The molecule has 3 aromatic rings. The van der Waals surface area contributed by atoms with Crippen LogP contribution in [0.3, 0.4) is 0 Å². The van der Waals surface area contributed by atoms with E-state index in [0.717, 1.165) is 19.5 Å². The minimum Gasteiger partial charge on any atom is -0.466 e. The van der Waals surface area contributed by atoms with E-state index in [2.05, 4.69) is 65.8 Å². The number of methoxy groups -OCH3 is 1. The molecule has 1 unspecified atom stereocenters. The highest BCUT2D eigenvalue weighted by molar-refractivity contribution is 5.99. The van der Waals surface area contributed by atoms with Crippen LogP contribution in [0.2, 0.25) is 0 Å². The second-order valence-electron chi connectivity index (χ2n) is 10.9. The summed E-state index contributed by atoms with van der Waals surface area (Å²) in [4.78, 5) is 39.6. The van der Waals surface area contributed by atoms with Crippen LogP contribution in [0.25, 0.3) is 0 Å². The molecule has 0 spiro atoms. The van der Waals surface area contributed by atoms with Crippen molar-refractivity contribution in [3.63, 3.8) is 0 Å². The molecule has 1 aliphatic heterocycles. The largest absolute Gasteiger partial charge is 0.466 e. The lowest BCUT2D eigenvalue weighted by molar-refractivity contribution is -0.384. The van der Waals surface area contributed by atoms with Gasteiger partial charge >= 0.3 is 11.9 Å². The van der Waals surface area contributed by atoms with Gasteiger partial charge in [-0.1, -0.05) is 72.8 Å². The number of allylic oxidation sites excluding steroid dienone is 2. The lowest BCUT2D eigenvalue weighted by Gasteiger charge is -2.30. The van der Waals surface area contributed by atoms with Gasteiger partial charge in [-0.3, -0.25) is 10.1 Å². The first kappa shape index (κ1) is 32.2. The van der Waals surface area contributed by atoms with Gasteiger partial charge in [0.15, 0.2) is 0 Å². The van der Waals surface area contributed by atoms with Gasteiger partial charge in [-0.15, -0.1) is 0 Å². The van der Waals surface area contributed by atoms with E-state index in [1.54, 1.807) is 19.9 Å². The Morgan fingerprint density at radius 2 is 1.48 bits per heavy atom. The zero-order valence-corrected chi connectivity index (χ0v) is 25.6. The summed E-state index contributed by atoms with van der Waals surface area (Å²) in [6.07, 6.45) is 1.55. The van der Waals surface area contributed by atoms with Crippen molar-refractivity contribution >= 4 is 17.6 Å². The van der Waals surface area contributed by atoms with Crippen molar-refractivity contribution in [2.24, 2.45) is 0 Å². The quantitative estimate of drug-likeness (QED) is 0.109. The van der Waals surface area contributed by atoms with Crippen molar-refractivity contribution in [1.29, 1.82) is 0 Å². The fourth-order valence-corrected chi connectivity index (χ4v) is 5.73. The first-order chi connectivity index (χ1) is 21.2. The molecular weight excluding hydrogens is 558 g/mol. The summed E-state index contributed by atoms with van der Waals surface area (Å²) in [5.41, 5.74) is 4.29. The molecule has 1 aliphatic rings. The molecule has 0 amide bonds. The molecule has 1 heterocycles. The highest BCUT2D eigenvalue weighted by Crippen LogP contribution is 2.40. The van der Waals surface area contributed by atoms with Gasteiger partial charge in [0.05, 0.1) is 35.7 Å². The smallest absolute Gasteiger partial charge is 0.336 e. The summed E-state index contributed by atoms with van der Waals surface area (Å²) in [5.74, 6) is -1.82. The number of esters is 2. The molecule has 0 saturated heterocycles. The van der Waals surface area contributed by atoms with Gasteiger partial charge in [-0.2, -0.15) is 0 Å². The number of nitrogens with zero attached hydrogens (tertiary/aromatic N) is 2. The fourth-order valence-electron chi connectivity index (χ4n) is 5.73. The molecule has 0 bridgehead atoms. The van der Waals surface area contributed by atoms with Crippen molar-refractivity contribution in [1.82, 2.24) is 10.2 Å². The third kappa shape index (κ3) is 7.79. The molecule has 0 aromatic heterocycles. The number of rotatable bonds is 13. The van der Waals surface area contributed by atoms with Crippen LogP contribution >= 0.6 is 0 Å². The third-order valence-electron chi connectivity index (χ3n) is 7.92. The second kappa shape index (κ2) is 15.1. The van der Waals surface area contributed by atoms with Crippen LogP contribution in [0.15, 0.2) is 107 Å². The highest BCUT2D eigenvalue weighted by atomic mass is 16.6. The maximum absolute atomic E-state index is 13.5. The highest BCUT2D eigenvalue weighted by Gasteiger charge is 2.38. The third-order valence-corrected chi connectivity index (χ3v) is 7.92. The lowest BCUT2D eigenvalue weighted by Crippen LogP contribution is -2.32. The molecule has 0 aliphatic carbocycles. The Kier molecular flexibility index (Phi) is 11.0.